The fourth-order valence-electron chi connectivity index (χ4n) is 1.24. The standard InChI is InChI=1S/C9H12ClFN2O2S/c1-16(14,15)13(5-4-12)7-2-3-9(11)8(10)6-7/h2-3,6H,4-5,12H2,1H3. The molecule has 90 valence electrons. The van der Waals surface area contributed by atoms with Crippen LogP contribution in [-0.2, 0) is 10.0 Å². The third kappa shape index (κ3) is 3.07. The summed E-state index contributed by atoms with van der Waals surface area (Å²) >= 11 is 5.58. The molecule has 0 aliphatic heterocycles. The summed E-state index contributed by atoms with van der Waals surface area (Å²) in [5.74, 6) is -0.591. The van der Waals surface area contributed by atoms with Crippen molar-refractivity contribution in [2.45, 2.75) is 0 Å². The highest BCUT2D eigenvalue weighted by atomic mass is 35.5. The third-order valence-electron chi connectivity index (χ3n) is 1.92. The summed E-state index contributed by atoms with van der Waals surface area (Å²) in [6.07, 6.45) is 1.06. The SMILES string of the molecule is CS(=O)(=O)N(CCN)c1ccc(F)c(Cl)c1. The molecular weight excluding hydrogens is 255 g/mol. The molecule has 0 saturated carbocycles. The van der Waals surface area contributed by atoms with Crippen LogP contribution in [0.5, 0.6) is 0 Å². The van der Waals surface area contributed by atoms with E-state index >= 15 is 0 Å². The Bertz CT molecular complexity index is 478. The van der Waals surface area contributed by atoms with Gasteiger partial charge in [0.25, 0.3) is 0 Å². The molecule has 0 spiro atoms. The molecule has 0 aliphatic carbocycles. The second-order valence-electron chi connectivity index (χ2n) is 3.22. The Morgan fingerprint density at radius 3 is 2.56 bits per heavy atom. The molecule has 0 amide bonds. The highest BCUT2D eigenvalue weighted by Gasteiger charge is 2.17. The van der Waals surface area contributed by atoms with Gasteiger partial charge >= 0.3 is 0 Å². The second kappa shape index (κ2) is 4.99. The molecule has 1 aromatic rings. The van der Waals surface area contributed by atoms with Gasteiger partial charge in [0.15, 0.2) is 0 Å². The highest BCUT2D eigenvalue weighted by Crippen LogP contribution is 2.23. The van der Waals surface area contributed by atoms with Gasteiger partial charge in [0, 0.05) is 13.1 Å². The molecule has 1 rings (SSSR count). The molecule has 16 heavy (non-hydrogen) atoms. The van der Waals surface area contributed by atoms with Gasteiger partial charge in [0.2, 0.25) is 10.0 Å². The van der Waals surface area contributed by atoms with Crippen LogP contribution in [0.2, 0.25) is 5.02 Å². The van der Waals surface area contributed by atoms with Crippen molar-refractivity contribution in [3.63, 3.8) is 0 Å². The minimum Gasteiger partial charge on any atom is -0.329 e. The normalized spacial score (nSPS) is 11.5. The first-order valence-electron chi connectivity index (χ1n) is 4.49. The summed E-state index contributed by atoms with van der Waals surface area (Å²) in [6, 6.07) is 3.72. The van der Waals surface area contributed by atoms with Crippen LogP contribution in [0.1, 0.15) is 0 Å². The first-order chi connectivity index (χ1) is 7.36. The lowest BCUT2D eigenvalue weighted by atomic mass is 10.3. The van der Waals surface area contributed by atoms with Crippen LogP contribution in [0, 0.1) is 5.82 Å². The number of anilines is 1. The lowest BCUT2D eigenvalue weighted by Crippen LogP contribution is -2.34. The summed E-state index contributed by atoms with van der Waals surface area (Å²) in [5, 5.41) is -0.122. The molecule has 0 unspecified atom stereocenters. The van der Waals surface area contributed by atoms with E-state index in [1.807, 2.05) is 0 Å². The molecule has 0 bridgehead atoms. The molecule has 4 nitrogen and oxygen atoms in total. The molecule has 0 fully saturated rings. The third-order valence-corrected chi connectivity index (χ3v) is 3.41. The topological polar surface area (TPSA) is 63.4 Å². The molecule has 0 atom stereocenters. The largest absolute Gasteiger partial charge is 0.329 e. The molecule has 1 aromatic carbocycles. The fourth-order valence-corrected chi connectivity index (χ4v) is 2.35. The lowest BCUT2D eigenvalue weighted by molar-refractivity contribution is 0.596. The smallest absolute Gasteiger partial charge is 0.232 e. The van der Waals surface area contributed by atoms with Gasteiger partial charge in [0.05, 0.1) is 17.0 Å². The molecule has 0 aliphatic rings. The fraction of sp³-hybridized carbons (Fsp3) is 0.333. The van der Waals surface area contributed by atoms with Crippen LogP contribution in [0.4, 0.5) is 10.1 Å². The van der Waals surface area contributed by atoms with Crippen LogP contribution in [0.25, 0.3) is 0 Å². The Hall–Kier alpha value is -0.850. The van der Waals surface area contributed by atoms with E-state index in [-0.39, 0.29) is 18.1 Å². The number of benzene rings is 1. The Morgan fingerprint density at radius 2 is 2.12 bits per heavy atom. The lowest BCUT2D eigenvalue weighted by Gasteiger charge is -2.21. The molecule has 0 aromatic heterocycles. The monoisotopic (exact) mass is 266 g/mol. The predicted octanol–water partition coefficient (Wildman–Crippen LogP) is 1.20. The molecule has 0 heterocycles. The van der Waals surface area contributed by atoms with E-state index in [1.54, 1.807) is 0 Å². The van der Waals surface area contributed by atoms with Gasteiger partial charge < -0.3 is 5.73 Å². The molecule has 2 N–H and O–H groups in total. The summed E-state index contributed by atoms with van der Waals surface area (Å²) in [4.78, 5) is 0. The maximum absolute atomic E-state index is 12.9. The van der Waals surface area contributed by atoms with Gasteiger partial charge in [-0.1, -0.05) is 11.6 Å². The first-order valence-corrected chi connectivity index (χ1v) is 6.71. The maximum atomic E-state index is 12.9. The van der Waals surface area contributed by atoms with E-state index in [0.29, 0.717) is 5.69 Å². The molecule has 0 radical (unpaired) electrons. The molecule has 7 heteroatoms. The Kier molecular flexibility index (Phi) is 4.12. The molecular formula is C9H12ClFN2O2S. The zero-order valence-electron chi connectivity index (χ0n) is 8.65. The van der Waals surface area contributed by atoms with E-state index in [1.165, 1.54) is 12.1 Å². The summed E-state index contributed by atoms with van der Waals surface area (Å²) < 4.78 is 36.9. The van der Waals surface area contributed by atoms with E-state index in [4.69, 9.17) is 17.3 Å². The quantitative estimate of drug-likeness (QED) is 0.891. The van der Waals surface area contributed by atoms with E-state index < -0.39 is 15.8 Å². The van der Waals surface area contributed by atoms with Crippen LogP contribution < -0.4 is 10.0 Å². The Balaban J connectivity index is 3.17. The van der Waals surface area contributed by atoms with Crippen molar-refractivity contribution in [3.05, 3.63) is 29.0 Å². The van der Waals surface area contributed by atoms with Crippen LogP contribution in [0.3, 0.4) is 0 Å². The molecule has 0 saturated heterocycles. The summed E-state index contributed by atoms with van der Waals surface area (Å²) in [7, 11) is -3.44. The van der Waals surface area contributed by atoms with Crippen LogP contribution >= 0.6 is 11.6 Å². The zero-order chi connectivity index (χ0) is 12.3. The minimum atomic E-state index is -3.44. The number of nitrogens with zero attached hydrogens (tertiary/aromatic N) is 1. The number of nitrogens with two attached hydrogens (primary N) is 1. The number of halogens is 2. The first kappa shape index (κ1) is 13.2. The Morgan fingerprint density at radius 1 is 1.50 bits per heavy atom. The van der Waals surface area contributed by atoms with Gasteiger partial charge in [-0.15, -0.1) is 0 Å². The van der Waals surface area contributed by atoms with Gasteiger partial charge in [-0.3, -0.25) is 4.31 Å². The van der Waals surface area contributed by atoms with Crippen LogP contribution in [-0.4, -0.2) is 27.8 Å². The summed E-state index contributed by atoms with van der Waals surface area (Å²) in [6.45, 7) is 0.295. The average molecular weight is 267 g/mol. The second-order valence-corrected chi connectivity index (χ2v) is 5.54. The zero-order valence-corrected chi connectivity index (χ0v) is 10.2. The Labute approximate surface area is 98.9 Å². The van der Waals surface area contributed by atoms with Crippen molar-refractivity contribution in [2.24, 2.45) is 5.73 Å². The average Bonchev–Trinajstić information content (AvgIpc) is 2.17. The van der Waals surface area contributed by atoms with Crippen molar-refractivity contribution >= 4 is 27.3 Å². The highest BCUT2D eigenvalue weighted by molar-refractivity contribution is 7.92. The van der Waals surface area contributed by atoms with Gasteiger partial charge in [-0.2, -0.15) is 0 Å². The summed E-state index contributed by atoms with van der Waals surface area (Å²) in [5.41, 5.74) is 5.62. The van der Waals surface area contributed by atoms with Gasteiger partial charge in [0.1, 0.15) is 5.82 Å². The van der Waals surface area contributed by atoms with Crippen molar-refractivity contribution in [1.82, 2.24) is 0 Å². The number of hydrogen-bond donors (Lipinski definition) is 1. The predicted molar refractivity (Wildman–Crippen MR) is 62.7 cm³/mol. The van der Waals surface area contributed by atoms with Crippen LogP contribution in [0.15, 0.2) is 18.2 Å². The van der Waals surface area contributed by atoms with Gasteiger partial charge in [-0.25, -0.2) is 12.8 Å². The van der Waals surface area contributed by atoms with E-state index in [2.05, 4.69) is 0 Å². The minimum absolute atomic E-state index is 0.122. The van der Waals surface area contributed by atoms with Gasteiger partial charge in [-0.05, 0) is 18.2 Å². The number of rotatable bonds is 4. The van der Waals surface area contributed by atoms with Crippen molar-refractivity contribution < 1.29 is 12.8 Å². The number of hydrogen-bond acceptors (Lipinski definition) is 3. The van der Waals surface area contributed by atoms with Crippen molar-refractivity contribution in [2.75, 3.05) is 23.7 Å². The van der Waals surface area contributed by atoms with E-state index in [0.717, 1.165) is 16.6 Å². The maximum Gasteiger partial charge on any atom is 0.232 e. The van der Waals surface area contributed by atoms with Crippen molar-refractivity contribution in [3.8, 4) is 0 Å². The van der Waals surface area contributed by atoms with Crippen molar-refractivity contribution in [1.29, 1.82) is 0 Å². The van der Waals surface area contributed by atoms with E-state index in [9.17, 15) is 12.8 Å². The number of sulfonamides is 1.